The molecule has 23 heavy (non-hydrogen) atoms. The maximum Gasteiger partial charge on any atom is 0.275 e. The molecule has 2 aromatic rings. The molecule has 2 aromatic carbocycles. The molecule has 0 spiro atoms. The minimum Gasteiger partial charge on any atom is -0.308 e. The lowest BCUT2D eigenvalue weighted by Crippen LogP contribution is -2.25. The van der Waals surface area contributed by atoms with Gasteiger partial charge in [0.05, 0.1) is 0 Å². The number of nitrogens with zero attached hydrogens (tertiary/aromatic N) is 1. The van der Waals surface area contributed by atoms with Gasteiger partial charge in [0.15, 0.2) is 0 Å². The molecule has 0 saturated carbocycles. The summed E-state index contributed by atoms with van der Waals surface area (Å²) >= 11 is 5.88. The van der Waals surface area contributed by atoms with Gasteiger partial charge in [0.1, 0.15) is 11.5 Å². The molecule has 0 radical (unpaired) electrons. The van der Waals surface area contributed by atoms with Crippen molar-refractivity contribution in [3.8, 4) is 0 Å². The minimum atomic E-state index is -0.158. The largest absolute Gasteiger partial charge is 0.308 e. The normalized spacial score (nSPS) is 15.7. The highest BCUT2D eigenvalue weighted by Crippen LogP contribution is 2.18. The average Bonchev–Trinajstić information content (AvgIpc) is 2.85. The number of amides is 1. The van der Waals surface area contributed by atoms with Gasteiger partial charge in [-0.3, -0.25) is 4.79 Å². The molecule has 4 heteroatoms. The molecule has 1 aliphatic heterocycles. The Hall–Kier alpha value is -2.39. The smallest absolute Gasteiger partial charge is 0.275 e. The number of amidine groups is 1. The SMILES string of the molecule is Cc1ccc(C)c(/C=C2/N=C(Cc3ccc(Cl)cc3)NC2=O)c1. The van der Waals surface area contributed by atoms with Crippen LogP contribution in [-0.2, 0) is 11.2 Å². The van der Waals surface area contributed by atoms with Crippen LogP contribution in [0.3, 0.4) is 0 Å². The quantitative estimate of drug-likeness (QED) is 0.850. The Labute approximate surface area is 140 Å². The topological polar surface area (TPSA) is 41.5 Å². The van der Waals surface area contributed by atoms with Crippen molar-refractivity contribution in [2.45, 2.75) is 20.3 Å². The van der Waals surface area contributed by atoms with Crippen molar-refractivity contribution < 1.29 is 4.79 Å². The van der Waals surface area contributed by atoms with E-state index in [2.05, 4.69) is 22.4 Å². The van der Waals surface area contributed by atoms with Crippen molar-refractivity contribution in [3.05, 3.63) is 75.4 Å². The molecule has 3 nitrogen and oxygen atoms in total. The monoisotopic (exact) mass is 324 g/mol. The van der Waals surface area contributed by atoms with Crippen LogP contribution < -0.4 is 5.32 Å². The van der Waals surface area contributed by atoms with Crippen molar-refractivity contribution in [2.75, 3.05) is 0 Å². The van der Waals surface area contributed by atoms with Crippen molar-refractivity contribution in [3.63, 3.8) is 0 Å². The number of hydrogen-bond donors (Lipinski definition) is 1. The van der Waals surface area contributed by atoms with Crippen LogP contribution in [0.2, 0.25) is 5.02 Å². The Morgan fingerprint density at radius 2 is 1.87 bits per heavy atom. The molecule has 0 fully saturated rings. The van der Waals surface area contributed by atoms with Crippen LogP contribution in [-0.4, -0.2) is 11.7 Å². The van der Waals surface area contributed by atoms with Gasteiger partial charge in [-0.2, -0.15) is 0 Å². The van der Waals surface area contributed by atoms with Gasteiger partial charge in [0.2, 0.25) is 0 Å². The molecule has 0 bridgehead atoms. The van der Waals surface area contributed by atoms with Gasteiger partial charge < -0.3 is 5.32 Å². The Balaban J connectivity index is 1.84. The third-order valence-electron chi connectivity index (χ3n) is 3.76. The second kappa shape index (κ2) is 6.39. The molecule has 1 aliphatic rings. The first kappa shape index (κ1) is 15.5. The van der Waals surface area contributed by atoms with Crippen molar-refractivity contribution >= 4 is 29.4 Å². The summed E-state index contributed by atoms with van der Waals surface area (Å²) in [6, 6.07) is 13.7. The zero-order valence-corrected chi connectivity index (χ0v) is 13.8. The lowest BCUT2D eigenvalue weighted by molar-refractivity contribution is -0.115. The van der Waals surface area contributed by atoms with Crippen molar-refractivity contribution in [1.82, 2.24) is 5.32 Å². The molecule has 0 aliphatic carbocycles. The average molecular weight is 325 g/mol. The second-order valence-corrected chi connectivity index (χ2v) is 6.14. The summed E-state index contributed by atoms with van der Waals surface area (Å²) < 4.78 is 0. The Morgan fingerprint density at radius 1 is 1.13 bits per heavy atom. The minimum absolute atomic E-state index is 0.158. The van der Waals surface area contributed by atoms with Crippen LogP contribution in [0, 0.1) is 13.8 Å². The highest BCUT2D eigenvalue weighted by atomic mass is 35.5. The van der Waals surface area contributed by atoms with Gasteiger partial charge in [-0.05, 0) is 48.7 Å². The molecule has 3 rings (SSSR count). The maximum absolute atomic E-state index is 12.1. The summed E-state index contributed by atoms with van der Waals surface area (Å²) in [5.74, 6) is 0.503. The third kappa shape index (κ3) is 3.69. The number of benzene rings is 2. The molecule has 0 saturated heterocycles. The van der Waals surface area contributed by atoms with E-state index in [1.54, 1.807) is 0 Å². The highest BCUT2D eigenvalue weighted by Gasteiger charge is 2.20. The highest BCUT2D eigenvalue weighted by molar-refractivity contribution is 6.30. The lowest BCUT2D eigenvalue weighted by Gasteiger charge is -2.02. The van der Waals surface area contributed by atoms with Crippen LogP contribution in [0.15, 0.2) is 53.2 Å². The van der Waals surface area contributed by atoms with Gasteiger partial charge in [0.25, 0.3) is 5.91 Å². The van der Waals surface area contributed by atoms with Crippen molar-refractivity contribution in [2.24, 2.45) is 4.99 Å². The van der Waals surface area contributed by atoms with E-state index in [9.17, 15) is 4.79 Å². The van der Waals surface area contributed by atoms with E-state index in [1.807, 2.05) is 50.3 Å². The standard InChI is InChI=1S/C19H17ClN2O/c1-12-3-4-13(2)15(9-12)11-17-19(23)22-18(21-17)10-14-5-7-16(20)8-6-14/h3-9,11H,10H2,1-2H3,(H,21,22,23)/b17-11+. The second-order valence-electron chi connectivity index (χ2n) is 5.71. The first-order chi connectivity index (χ1) is 11.0. The molecule has 0 unspecified atom stereocenters. The van der Waals surface area contributed by atoms with E-state index >= 15 is 0 Å². The van der Waals surface area contributed by atoms with E-state index in [-0.39, 0.29) is 5.91 Å². The van der Waals surface area contributed by atoms with Gasteiger partial charge in [0, 0.05) is 11.4 Å². The van der Waals surface area contributed by atoms with Crippen molar-refractivity contribution in [1.29, 1.82) is 0 Å². The first-order valence-electron chi connectivity index (χ1n) is 7.43. The fourth-order valence-electron chi connectivity index (χ4n) is 2.46. The summed E-state index contributed by atoms with van der Waals surface area (Å²) in [6.07, 6.45) is 2.42. The summed E-state index contributed by atoms with van der Waals surface area (Å²) in [7, 11) is 0. The summed E-state index contributed by atoms with van der Waals surface area (Å²) in [6.45, 7) is 4.06. The van der Waals surface area contributed by atoms with E-state index in [0.717, 1.165) is 22.3 Å². The van der Waals surface area contributed by atoms with Crippen LogP contribution in [0.4, 0.5) is 0 Å². The fourth-order valence-corrected chi connectivity index (χ4v) is 2.59. The third-order valence-corrected chi connectivity index (χ3v) is 4.01. The predicted molar refractivity (Wildman–Crippen MR) is 94.6 cm³/mol. The zero-order chi connectivity index (χ0) is 16.4. The molecule has 1 amide bonds. The number of nitrogens with one attached hydrogen (secondary N) is 1. The van der Waals surface area contributed by atoms with Crippen LogP contribution in [0.5, 0.6) is 0 Å². The Bertz CT molecular complexity index is 820. The van der Waals surface area contributed by atoms with Gasteiger partial charge in [-0.1, -0.05) is 47.5 Å². The number of carbonyl (C=O) groups is 1. The lowest BCUT2D eigenvalue weighted by atomic mass is 10.0. The number of carbonyl (C=O) groups excluding carboxylic acids is 1. The number of aliphatic imine (C=N–C) groups is 1. The molecule has 1 heterocycles. The molecule has 0 aromatic heterocycles. The molecule has 1 N–H and O–H groups in total. The summed E-state index contributed by atoms with van der Waals surface area (Å²) in [5.41, 5.74) is 4.80. The molecular weight excluding hydrogens is 308 g/mol. The molecule has 116 valence electrons. The number of halogens is 1. The molecular formula is C19H17ClN2O. The van der Waals surface area contributed by atoms with Crippen LogP contribution in [0.25, 0.3) is 6.08 Å². The van der Waals surface area contributed by atoms with Gasteiger partial charge in [-0.25, -0.2) is 4.99 Å². The fraction of sp³-hybridized carbons (Fsp3) is 0.158. The first-order valence-corrected chi connectivity index (χ1v) is 7.81. The predicted octanol–water partition coefficient (Wildman–Crippen LogP) is 4.07. The van der Waals surface area contributed by atoms with Gasteiger partial charge >= 0.3 is 0 Å². The van der Waals surface area contributed by atoms with E-state index < -0.39 is 0 Å². The molecule has 0 atom stereocenters. The Morgan fingerprint density at radius 3 is 2.61 bits per heavy atom. The summed E-state index contributed by atoms with van der Waals surface area (Å²) in [5, 5.41) is 3.53. The van der Waals surface area contributed by atoms with E-state index in [0.29, 0.717) is 23.0 Å². The van der Waals surface area contributed by atoms with Crippen LogP contribution >= 0.6 is 11.6 Å². The number of rotatable bonds is 3. The number of hydrogen-bond acceptors (Lipinski definition) is 2. The van der Waals surface area contributed by atoms with Crippen LogP contribution in [0.1, 0.15) is 22.3 Å². The zero-order valence-electron chi connectivity index (χ0n) is 13.1. The number of aryl methyl sites for hydroxylation is 2. The maximum atomic E-state index is 12.1. The van der Waals surface area contributed by atoms with E-state index in [4.69, 9.17) is 11.6 Å². The summed E-state index contributed by atoms with van der Waals surface area (Å²) in [4.78, 5) is 16.6. The van der Waals surface area contributed by atoms with E-state index in [1.165, 1.54) is 0 Å². The van der Waals surface area contributed by atoms with Gasteiger partial charge in [-0.15, -0.1) is 0 Å². The Kier molecular flexibility index (Phi) is 4.30.